The van der Waals surface area contributed by atoms with E-state index in [-0.39, 0.29) is 16.7 Å². The fourth-order valence-corrected chi connectivity index (χ4v) is 8.99. The van der Waals surface area contributed by atoms with E-state index < -0.39 is 5.97 Å². The Labute approximate surface area is 208 Å². The first kappa shape index (κ1) is 22.8. The number of ketones is 1. The summed E-state index contributed by atoms with van der Waals surface area (Å²) >= 11 is 0. The molecule has 0 radical (unpaired) electrons. The van der Waals surface area contributed by atoms with Gasteiger partial charge in [-0.05, 0) is 103 Å². The molecule has 2 aromatic carbocycles. The number of fused-ring (bicyclic) bond motifs is 6. The van der Waals surface area contributed by atoms with Crippen LogP contribution in [0.5, 0.6) is 0 Å². The molecule has 1 N–H and O–H groups in total. The summed E-state index contributed by atoms with van der Waals surface area (Å²) in [6.45, 7) is 7.04. The SMILES string of the molecule is CC1=C2C=C(C(=O)O)CC[C@]2(C)C2CC[C@@]3(C)C(CC[C@@H]3C(=O)c3cccc4ccccc34)C2C1. The van der Waals surface area contributed by atoms with Gasteiger partial charge in [0.15, 0.2) is 5.78 Å². The van der Waals surface area contributed by atoms with Crippen LogP contribution in [0.1, 0.15) is 76.1 Å². The molecule has 2 aromatic rings. The number of carboxylic acid groups (broad SMARTS) is 1. The zero-order valence-electron chi connectivity index (χ0n) is 21.1. The van der Waals surface area contributed by atoms with Gasteiger partial charge in [0.25, 0.3) is 0 Å². The molecule has 0 amide bonds. The van der Waals surface area contributed by atoms with Gasteiger partial charge in [0, 0.05) is 17.1 Å². The van der Waals surface area contributed by atoms with Crippen molar-refractivity contribution in [3.8, 4) is 0 Å². The van der Waals surface area contributed by atoms with Gasteiger partial charge in [-0.1, -0.05) is 61.9 Å². The van der Waals surface area contributed by atoms with E-state index in [1.807, 2.05) is 30.3 Å². The molecule has 0 aliphatic heterocycles. The molecule has 2 fully saturated rings. The smallest absolute Gasteiger partial charge is 0.331 e. The number of Topliss-reactive ketones (excluding diaryl/α,β-unsaturated/α-hetero) is 1. The summed E-state index contributed by atoms with van der Waals surface area (Å²) < 4.78 is 0. The molecule has 3 nitrogen and oxygen atoms in total. The summed E-state index contributed by atoms with van der Waals surface area (Å²) in [7, 11) is 0. The summed E-state index contributed by atoms with van der Waals surface area (Å²) in [5, 5.41) is 11.8. The molecular formula is C32H36O3. The Morgan fingerprint density at radius 2 is 1.71 bits per heavy atom. The van der Waals surface area contributed by atoms with E-state index in [9.17, 15) is 14.7 Å². The molecule has 0 aromatic heterocycles. The predicted octanol–water partition coefficient (Wildman–Crippen LogP) is 7.61. The minimum Gasteiger partial charge on any atom is -0.478 e. The first-order valence-electron chi connectivity index (χ1n) is 13.4. The maximum atomic E-state index is 14.1. The van der Waals surface area contributed by atoms with E-state index >= 15 is 0 Å². The van der Waals surface area contributed by atoms with Crippen LogP contribution in [0.15, 0.2) is 65.3 Å². The van der Waals surface area contributed by atoms with Crippen LogP contribution in [0.25, 0.3) is 10.8 Å². The molecule has 6 atom stereocenters. The van der Waals surface area contributed by atoms with Gasteiger partial charge in [-0.2, -0.15) is 0 Å². The van der Waals surface area contributed by atoms with Crippen molar-refractivity contribution in [3.05, 3.63) is 70.8 Å². The van der Waals surface area contributed by atoms with Crippen LogP contribution < -0.4 is 0 Å². The van der Waals surface area contributed by atoms with Gasteiger partial charge >= 0.3 is 5.97 Å². The Hall–Kier alpha value is -2.68. The van der Waals surface area contributed by atoms with E-state index in [1.165, 1.54) is 11.1 Å². The summed E-state index contributed by atoms with van der Waals surface area (Å²) in [5.41, 5.74) is 4.24. The molecule has 3 unspecified atom stereocenters. The number of carbonyl (C=O) groups excluding carboxylic acids is 1. The van der Waals surface area contributed by atoms with Crippen LogP contribution in [-0.4, -0.2) is 16.9 Å². The van der Waals surface area contributed by atoms with E-state index in [1.54, 1.807) is 0 Å². The largest absolute Gasteiger partial charge is 0.478 e. The Morgan fingerprint density at radius 3 is 2.51 bits per heavy atom. The van der Waals surface area contributed by atoms with Crippen LogP contribution in [0.2, 0.25) is 0 Å². The molecule has 0 heterocycles. The predicted molar refractivity (Wildman–Crippen MR) is 139 cm³/mol. The van der Waals surface area contributed by atoms with Crippen molar-refractivity contribution in [1.29, 1.82) is 0 Å². The Bertz CT molecular complexity index is 1290. The zero-order valence-corrected chi connectivity index (χ0v) is 21.1. The van der Waals surface area contributed by atoms with Crippen LogP contribution in [0.3, 0.4) is 0 Å². The van der Waals surface area contributed by atoms with Gasteiger partial charge in [-0.3, -0.25) is 4.79 Å². The van der Waals surface area contributed by atoms with Crippen molar-refractivity contribution in [2.45, 2.75) is 65.7 Å². The van der Waals surface area contributed by atoms with Crippen LogP contribution >= 0.6 is 0 Å². The topological polar surface area (TPSA) is 54.4 Å². The molecule has 0 spiro atoms. The Kier molecular flexibility index (Phi) is 5.15. The van der Waals surface area contributed by atoms with Gasteiger partial charge in [-0.15, -0.1) is 0 Å². The second-order valence-electron chi connectivity index (χ2n) is 12.2. The lowest BCUT2D eigenvalue weighted by Gasteiger charge is -2.58. The minimum absolute atomic E-state index is 0.0417. The van der Waals surface area contributed by atoms with Crippen molar-refractivity contribution in [1.82, 2.24) is 0 Å². The summed E-state index contributed by atoms with van der Waals surface area (Å²) in [5.74, 6) is 1.39. The maximum absolute atomic E-state index is 14.1. The summed E-state index contributed by atoms with van der Waals surface area (Å²) in [6, 6.07) is 14.4. The number of hydrogen-bond donors (Lipinski definition) is 1. The summed E-state index contributed by atoms with van der Waals surface area (Å²) in [4.78, 5) is 25.8. The fourth-order valence-electron chi connectivity index (χ4n) is 8.99. The number of rotatable bonds is 3. The monoisotopic (exact) mass is 468 g/mol. The molecule has 0 bridgehead atoms. The van der Waals surface area contributed by atoms with Crippen LogP contribution in [0.4, 0.5) is 0 Å². The van der Waals surface area contributed by atoms with E-state index in [0.29, 0.717) is 35.5 Å². The van der Waals surface area contributed by atoms with Crippen molar-refractivity contribution < 1.29 is 14.7 Å². The van der Waals surface area contributed by atoms with E-state index in [4.69, 9.17) is 0 Å². The van der Waals surface area contributed by atoms with E-state index in [0.717, 1.165) is 54.9 Å². The highest BCUT2D eigenvalue weighted by atomic mass is 16.4. The molecule has 4 aliphatic rings. The second-order valence-corrected chi connectivity index (χ2v) is 12.2. The molecule has 3 heteroatoms. The third-order valence-corrected chi connectivity index (χ3v) is 10.8. The van der Waals surface area contributed by atoms with Gasteiger partial charge in [-0.25, -0.2) is 4.79 Å². The number of aliphatic carboxylic acids is 1. The third-order valence-electron chi connectivity index (χ3n) is 10.8. The molecule has 35 heavy (non-hydrogen) atoms. The summed E-state index contributed by atoms with van der Waals surface area (Å²) in [6.07, 6.45) is 9.01. The van der Waals surface area contributed by atoms with E-state index in [2.05, 4.69) is 39.0 Å². The number of allylic oxidation sites excluding steroid dienone is 3. The quantitative estimate of drug-likeness (QED) is 0.472. The molecule has 4 aliphatic carbocycles. The van der Waals surface area contributed by atoms with Gasteiger partial charge < -0.3 is 5.11 Å². The Balaban J connectivity index is 1.34. The van der Waals surface area contributed by atoms with Crippen LogP contribution in [0, 0.1) is 34.5 Å². The molecule has 0 saturated heterocycles. The number of hydrogen-bond acceptors (Lipinski definition) is 2. The normalized spacial score (nSPS) is 36.3. The second kappa shape index (κ2) is 7.91. The molecular weight excluding hydrogens is 432 g/mol. The van der Waals surface area contributed by atoms with Crippen molar-refractivity contribution in [2.24, 2.45) is 34.5 Å². The molecule has 6 rings (SSSR count). The van der Waals surface area contributed by atoms with Gasteiger partial charge in [0.05, 0.1) is 0 Å². The van der Waals surface area contributed by atoms with Crippen molar-refractivity contribution >= 4 is 22.5 Å². The van der Waals surface area contributed by atoms with Crippen LogP contribution in [-0.2, 0) is 4.79 Å². The average Bonchev–Trinajstić information content (AvgIpc) is 3.20. The number of carbonyl (C=O) groups is 2. The Morgan fingerprint density at radius 1 is 0.943 bits per heavy atom. The lowest BCUT2D eigenvalue weighted by molar-refractivity contribution is -0.133. The lowest BCUT2D eigenvalue weighted by atomic mass is 9.46. The standard InChI is InChI=1S/C32H36O3/c1-19-17-24-25-11-12-27(29(33)23-10-6-8-20-7-4-5-9-22(20)23)31(25,2)16-14-26(24)32(3)15-13-21(30(34)35)18-28(19)32/h4-10,18,24-27H,11-17H2,1-3H3,(H,34,35)/t24?,25?,26?,27-,31+,32-/m1/s1. The first-order chi connectivity index (χ1) is 16.7. The first-order valence-corrected chi connectivity index (χ1v) is 13.4. The van der Waals surface area contributed by atoms with Crippen molar-refractivity contribution in [3.63, 3.8) is 0 Å². The third kappa shape index (κ3) is 3.23. The molecule has 2 saturated carbocycles. The highest BCUT2D eigenvalue weighted by molar-refractivity contribution is 6.09. The van der Waals surface area contributed by atoms with Gasteiger partial charge in [0.1, 0.15) is 0 Å². The average molecular weight is 469 g/mol. The zero-order chi connectivity index (χ0) is 24.5. The minimum atomic E-state index is -0.767. The fraction of sp³-hybridized carbons (Fsp3) is 0.500. The lowest BCUT2D eigenvalue weighted by Crippen LogP contribution is -2.50. The maximum Gasteiger partial charge on any atom is 0.331 e. The molecule has 182 valence electrons. The highest BCUT2D eigenvalue weighted by Gasteiger charge is 2.60. The highest BCUT2D eigenvalue weighted by Crippen LogP contribution is 2.67. The van der Waals surface area contributed by atoms with Gasteiger partial charge in [0.2, 0.25) is 0 Å². The number of benzene rings is 2. The number of carboxylic acids is 1. The van der Waals surface area contributed by atoms with Crippen molar-refractivity contribution in [2.75, 3.05) is 0 Å².